The van der Waals surface area contributed by atoms with Gasteiger partial charge >= 0.3 is 0 Å². The Kier molecular flexibility index (Phi) is 9.05. The van der Waals surface area contributed by atoms with Crippen LogP contribution in [0.4, 0.5) is 0 Å². The van der Waals surface area contributed by atoms with Crippen LogP contribution in [-0.4, -0.2) is 45.5 Å². The summed E-state index contributed by atoms with van der Waals surface area (Å²) in [4.78, 5) is 13.6. The lowest BCUT2D eigenvalue weighted by Gasteiger charge is -2.11. The number of rotatable bonds is 10. The minimum atomic E-state index is -0.244. The van der Waals surface area contributed by atoms with Crippen molar-refractivity contribution in [1.29, 1.82) is 0 Å². The number of ether oxygens (including phenoxy) is 1. The van der Waals surface area contributed by atoms with Crippen LogP contribution in [0.5, 0.6) is 5.75 Å². The van der Waals surface area contributed by atoms with E-state index in [0.717, 1.165) is 22.6 Å². The van der Waals surface area contributed by atoms with Gasteiger partial charge in [0.15, 0.2) is 11.0 Å². The van der Waals surface area contributed by atoms with Gasteiger partial charge in [0.2, 0.25) is 0 Å². The Bertz CT molecular complexity index is 1320. The molecule has 3 aromatic carbocycles. The van der Waals surface area contributed by atoms with Gasteiger partial charge in [-0.15, -0.1) is 22.0 Å². The lowest BCUT2D eigenvalue weighted by atomic mass is 10.2. The highest BCUT2D eigenvalue weighted by Gasteiger charge is 2.17. The monoisotopic (exact) mass is 537 g/mol. The maximum atomic E-state index is 12.4. The summed E-state index contributed by atoms with van der Waals surface area (Å²) in [6, 6.07) is 23.0. The molecule has 7 nitrogen and oxygen atoms in total. The molecule has 0 saturated carbocycles. The molecule has 1 amide bonds. The molecule has 0 atom stereocenters. The molecule has 0 aliphatic rings. The van der Waals surface area contributed by atoms with Gasteiger partial charge in [0.25, 0.3) is 5.91 Å². The van der Waals surface area contributed by atoms with Crippen LogP contribution < -0.4 is 10.2 Å². The molecule has 1 aromatic heterocycles. The van der Waals surface area contributed by atoms with E-state index in [4.69, 9.17) is 16.3 Å². The normalized spacial score (nSPS) is 11.1. The molecule has 0 aliphatic carbocycles. The number of hydrogen-bond donors (Lipinski definition) is 1. The summed E-state index contributed by atoms with van der Waals surface area (Å²) in [5, 5.41) is 14.0. The van der Waals surface area contributed by atoms with Gasteiger partial charge in [-0.05, 0) is 79.4 Å². The fraction of sp³-hybridized carbons (Fsp3) is 0.154. The summed E-state index contributed by atoms with van der Waals surface area (Å²) >= 11 is 9.02. The molecule has 4 aromatic rings. The second-order valence-electron chi connectivity index (χ2n) is 7.43. The molecular weight excluding hydrogens is 514 g/mol. The molecule has 0 radical (unpaired) electrons. The summed E-state index contributed by atoms with van der Waals surface area (Å²) in [6.45, 7) is 2.53. The third-order valence-electron chi connectivity index (χ3n) is 4.99. The first-order valence-corrected chi connectivity index (χ1v) is 13.7. The molecule has 0 unspecified atom stereocenters. The van der Waals surface area contributed by atoms with E-state index < -0.39 is 0 Å². The Morgan fingerprint density at radius 1 is 1.06 bits per heavy atom. The molecule has 0 spiro atoms. The average molecular weight is 538 g/mol. The number of carbonyl (C=O) groups excluding carboxylic acids is 1. The highest BCUT2D eigenvalue weighted by Crippen LogP contribution is 2.29. The average Bonchev–Trinajstić information content (AvgIpc) is 3.33. The third-order valence-corrected chi connectivity index (χ3v) is 6.92. The Balaban J connectivity index is 1.50. The molecule has 184 valence electrons. The Labute approximate surface area is 223 Å². The van der Waals surface area contributed by atoms with Crippen LogP contribution in [0.1, 0.15) is 12.5 Å². The lowest BCUT2D eigenvalue weighted by molar-refractivity contribution is -0.118. The first kappa shape index (κ1) is 25.8. The Morgan fingerprint density at radius 3 is 2.44 bits per heavy atom. The molecule has 10 heteroatoms. The maximum Gasteiger partial charge on any atom is 0.250 e. The number of hydrogen-bond acceptors (Lipinski definition) is 7. The second-order valence-corrected chi connectivity index (χ2v) is 9.69. The van der Waals surface area contributed by atoms with Gasteiger partial charge in [0, 0.05) is 21.2 Å². The number of halogens is 1. The zero-order valence-electron chi connectivity index (χ0n) is 19.7. The minimum absolute atomic E-state index is 0.124. The Morgan fingerprint density at radius 2 is 1.78 bits per heavy atom. The summed E-state index contributed by atoms with van der Waals surface area (Å²) in [5.74, 6) is 1.30. The molecule has 1 N–H and O–H groups in total. The molecule has 0 bridgehead atoms. The van der Waals surface area contributed by atoms with E-state index in [0.29, 0.717) is 22.6 Å². The summed E-state index contributed by atoms with van der Waals surface area (Å²) in [7, 11) is 0. The number of amides is 1. The van der Waals surface area contributed by atoms with Crippen LogP contribution >= 0.6 is 35.1 Å². The van der Waals surface area contributed by atoms with Crippen molar-refractivity contribution in [3.05, 3.63) is 83.4 Å². The fourth-order valence-corrected chi connectivity index (χ4v) is 4.55. The van der Waals surface area contributed by atoms with Gasteiger partial charge in [0.1, 0.15) is 5.75 Å². The molecule has 1 heterocycles. The van der Waals surface area contributed by atoms with E-state index in [2.05, 4.69) is 20.7 Å². The number of nitrogens with one attached hydrogen (secondary N) is 1. The van der Waals surface area contributed by atoms with E-state index in [1.54, 1.807) is 30.1 Å². The van der Waals surface area contributed by atoms with Gasteiger partial charge < -0.3 is 4.74 Å². The van der Waals surface area contributed by atoms with Gasteiger partial charge in [0.05, 0.1) is 18.6 Å². The standard InChI is InChI=1S/C26H24ClN5O2S2/c1-3-34-22-12-10-21(11-13-22)32-25(19-6-8-20(27)9-7-19)30-31-26(32)36-17-24(33)29-28-16-18-4-14-23(35-2)15-5-18/h4-16H,3,17H2,1-2H3,(H,29,33)/b28-16+. The van der Waals surface area contributed by atoms with E-state index in [1.807, 2.05) is 78.4 Å². The van der Waals surface area contributed by atoms with E-state index in [9.17, 15) is 4.79 Å². The van der Waals surface area contributed by atoms with E-state index in [-0.39, 0.29) is 11.7 Å². The topological polar surface area (TPSA) is 81.4 Å². The molecule has 0 fully saturated rings. The smallest absolute Gasteiger partial charge is 0.250 e. The highest BCUT2D eigenvalue weighted by atomic mass is 35.5. The van der Waals surface area contributed by atoms with Crippen LogP contribution in [-0.2, 0) is 4.79 Å². The van der Waals surface area contributed by atoms with Gasteiger partial charge in [-0.2, -0.15) is 5.10 Å². The van der Waals surface area contributed by atoms with Crippen LogP contribution in [0.3, 0.4) is 0 Å². The van der Waals surface area contributed by atoms with Crippen molar-refractivity contribution >= 4 is 47.2 Å². The third kappa shape index (κ3) is 6.69. The van der Waals surface area contributed by atoms with Crippen molar-refractivity contribution in [1.82, 2.24) is 20.2 Å². The van der Waals surface area contributed by atoms with Gasteiger partial charge in [-0.1, -0.05) is 35.5 Å². The van der Waals surface area contributed by atoms with Gasteiger partial charge in [-0.25, -0.2) is 5.43 Å². The van der Waals surface area contributed by atoms with Crippen molar-refractivity contribution in [2.75, 3.05) is 18.6 Å². The van der Waals surface area contributed by atoms with Crippen molar-refractivity contribution in [3.8, 4) is 22.8 Å². The van der Waals surface area contributed by atoms with Crippen molar-refractivity contribution < 1.29 is 9.53 Å². The minimum Gasteiger partial charge on any atom is -0.494 e. The molecule has 36 heavy (non-hydrogen) atoms. The maximum absolute atomic E-state index is 12.4. The second kappa shape index (κ2) is 12.6. The quantitative estimate of drug-likeness (QED) is 0.153. The lowest BCUT2D eigenvalue weighted by Crippen LogP contribution is -2.20. The SMILES string of the molecule is CCOc1ccc(-n2c(SCC(=O)N/N=C/c3ccc(SC)cc3)nnc2-c2ccc(Cl)cc2)cc1. The Hall–Kier alpha value is -3.27. The summed E-state index contributed by atoms with van der Waals surface area (Å²) < 4.78 is 7.48. The number of benzene rings is 3. The fourth-order valence-electron chi connectivity index (χ4n) is 3.27. The number of thioether (sulfide) groups is 2. The number of nitrogens with zero attached hydrogens (tertiary/aromatic N) is 4. The van der Waals surface area contributed by atoms with Crippen molar-refractivity contribution in [3.63, 3.8) is 0 Å². The van der Waals surface area contributed by atoms with Crippen molar-refractivity contribution in [2.24, 2.45) is 5.10 Å². The highest BCUT2D eigenvalue weighted by molar-refractivity contribution is 7.99. The number of aromatic nitrogens is 3. The predicted molar refractivity (Wildman–Crippen MR) is 148 cm³/mol. The molecule has 4 rings (SSSR count). The van der Waals surface area contributed by atoms with Crippen LogP contribution in [0, 0.1) is 0 Å². The summed E-state index contributed by atoms with van der Waals surface area (Å²) in [6.07, 6.45) is 3.64. The largest absolute Gasteiger partial charge is 0.494 e. The zero-order valence-corrected chi connectivity index (χ0v) is 22.1. The van der Waals surface area contributed by atoms with Crippen LogP contribution in [0.2, 0.25) is 5.02 Å². The van der Waals surface area contributed by atoms with E-state index in [1.165, 1.54) is 16.7 Å². The van der Waals surface area contributed by atoms with E-state index >= 15 is 0 Å². The molecular formula is C26H24ClN5O2S2. The first-order valence-electron chi connectivity index (χ1n) is 11.1. The first-order chi connectivity index (χ1) is 17.6. The summed E-state index contributed by atoms with van der Waals surface area (Å²) in [5.41, 5.74) is 5.18. The van der Waals surface area contributed by atoms with Crippen LogP contribution in [0.15, 0.2) is 87.9 Å². The predicted octanol–water partition coefficient (Wildman–Crippen LogP) is 5.95. The van der Waals surface area contributed by atoms with Crippen LogP contribution in [0.25, 0.3) is 17.1 Å². The van der Waals surface area contributed by atoms with Gasteiger partial charge in [-0.3, -0.25) is 9.36 Å². The zero-order chi connectivity index (χ0) is 25.3. The number of hydrazone groups is 1. The molecule has 0 aliphatic heterocycles. The van der Waals surface area contributed by atoms with Crippen molar-refractivity contribution in [2.45, 2.75) is 17.0 Å². The molecule has 0 saturated heterocycles. The number of carbonyl (C=O) groups is 1.